The number of nitrogens with zero attached hydrogens (tertiary/aromatic N) is 1. The molecular formula is C9H16N2O4. The first-order valence-corrected chi connectivity index (χ1v) is 4.94. The van der Waals surface area contributed by atoms with E-state index in [1.54, 1.807) is 0 Å². The molecule has 0 aromatic heterocycles. The maximum atomic E-state index is 11.6. The number of rotatable bonds is 4. The SMILES string of the molecule is NC(=O)C1COCCN1C(=O)CCCO. The minimum absolute atomic E-state index is 0.0304. The molecule has 1 heterocycles. The first-order valence-electron chi connectivity index (χ1n) is 4.94. The zero-order valence-electron chi connectivity index (χ0n) is 8.52. The third-order valence-corrected chi connectivity index (χ3v) is 2.33. The zero-order chi connectivity index (χ0) is 11.3. The molecule has 0 aliphatic carbocycles. The van der Waals surface area contributed by atoms with Gasteiger partial charge in [0, 0.05) is 19.6 Å². The summed E-state index contributed by atoms with van der Waals surface area (Å²) in [6, 6.07) is -0.662. The Hall–Kier alpha value is -1.14. The van der Waals surface area contributed by atoms with Gasteiger partial charge in [0.15, 0.2) is 0 Å². The Morgan fingerprint density at radius 3 is 2.87 bits per heavy atom. The Bertz CT molecular complexity index is 244. The van der Waals surface area contributed by atoms with Gasteiger partial charge in [-0.1, -0.05) is 0 Å². The molecule has 6 nitrogen and oxygen atoms in total. The van der Waals surface area contributed by atoms with Crippen LogP contribution in [-0.2, 0) is 14.3 Å². The first-order chi connectivity index (χ1) is 7.16. The summed E-state index contributed by atoms with van der Waals surface area (Å²) in [7, 11) is 0. The van der Waals surface area contributed by atoms with E-state index in [9.17, 15) is 9.59 Å². The van der Waals surface area contributed by atoms with E-state index in [4.69, 9.17) is 15.6 Å². The molecule has 86 valence electrons. The number of aliphatic hydroxyl groups is 1. The second kappa shape index (κ2) is 5.67. The highest BCUT2D eigenvalue weighted by atomic mass is 16.5. The van der Waals surface area contributed by atoms with Crippen LogP contribution in [0.5, 0.6) is 0 Å². The predicted molar refractivity (Wildman–Crippen MR) is 51.8 cm³/mol. The molecule has 2 amide bonds. The molecule has 1 atom stereocenters. The summed E-state index contributed by atoms with van der Waals surface area (Å²) in [6.07, 6.45) is 0.641. The maximum Gasteiger partial charge on any atom is 0.242 e. The predicted octanol–water partition coefficient (Wildman–Crippen LogP) is -1.53. The highest BCUT2D eigenvalue weighted by molar-refractivity contribution is 5.86. The second-order valence-corrected chi connectivity index (χ2v) is 3.41. The number of amides is 2. The lowest BCUT2D eigenvalue weighted by molar-refractivity contribution is -0.147. The molecule has 15 heavy (non-hydrogen) atoms. The summed E-state index contributed by atoms with van der Waals surface area (Å²) in [4.78, 5) is 24.1. The summed E-state index contributed by atoms with van der Waals surface area (Å²) >= 11 is 0. The van der Waals surface area contributed by atoms with Crippen molar-refractivity contribution >= 4 is 11.8 Å². The van der Waals surface area contributed by atoms with Crippen LogP contribution < -0.4 is 5.73 Å². The Balaban J connectivity index is 2.55. The lowest BCUT2D eigenvalue weighted by Crippen LogP contribution is -2.54. The van der Waals surface area contributed by atoms with Gasteiger partial charge < -0.3 is 20.5 Å². The summed E-state index contributed by atoms with van der Waals surface area (Å²) < 4.78 is 5.08. The van der Waals surface area contributed by atoms with Crippen LogP contribution in [0.15, 0.2) is 0 Å². The van der Waals surface area contributed by atoms with E-state index in [1.165, 1.54) is 4.90 Å². The average Bonchev–Trinajstić information content (AvgIpc) is 2.25. The van der Waals surface area contributed by atoms with E-state index in [0.29, 0.717) is 19.6 Å². The van der Waals surface area contributed by atoms with Gasteiger partial charge in [0.1, 0.15) is 6.04 Å². The summed E-state index contributed by atoms with van der Waals surface area (Å²) in [6.45, 7) is 0.948. The lowest BCUT2D eigenvalue weighted by Gasteiger charge is -2.33. The van der Waals surface area contributed by atoms with Crippen LogP contribution in [-0.4, -0.2) is 54.2 Å². The van der Waals surface area contributed by atoms with E-state index < -0.39 is 11.9 Å². The monoisotopic (exact) mass is 216 g/mol. The normalized spacial score (nSPS) is 21.4. The Morgan fingerprint density at radius 1 is 1.53 bits per heavy atom. The van der Waals surface area contributed by atoms with Gasteiger partial charge in [0.25, 0.3) is 0 Å². The molecule has 0 aromatic rings. The van der Waals surface area contributed by atoms with Crippen molar-refractivity contribution in [3.63, 3.8) is 0 Å². The second-order valence-electron chi connectivity index (χ2n) is 3.41. The smallest absolute Gasteiger partial charge is 0.242 e. The van der Waals surface area contributed by atoms with Crippen molar-refractivity contribution in [3.05, 3.63) is 0 Å². The van der Waals surface area contributed by atoms with Crippen LogP contribution in [0.4, 0.5) is 0 Å². The highest BCUT2D eigenvalue weighted by Gasteiger charge is 2.30. The fourth-order valence-corrected chi connectivity index (χ4v) is 1.51. The van der Waals surface area contributed by atoms with Crippen LogP contribution >= 0.6 is 0 Å². The third-order valence-electron chi connectivity index (χ3n) is 2.33. The Kier molecular flexibility index (Phi) is 4.51. The van der Waals surface area contributed by atoms with Crippen LogP contribution in [0.25, 0.3) is 0 Å². The fraction of sp³-hybridized carbons (Fsp3) is 0.778. The average molecular weight is 216 g/mol. The topological polar surface area (TPSA) is 92.9 Å². The number of hydrogen-bond donors (Lipinski definition) is 2. The van der Waals surface area contributed by atoms with Gasteiger partial charge in [0.05, 0.1) is 13.2 Å². The van der Waals surface area contributed by atoms with Crippen LogP contribution in [0, 0.1) is 0 Å². The van der Waals surface area contributed by atoms with Crippen molar-refractivity contribution < 1.29 is 19.4 Å². The number of ether oxygens (including phenoxy) is 1. The molecule has 0 aromatic carbocycles. The molecule has 1 aliphatic rings. The molecule has 0 radical (unpaired) electrons. The third kappa shape index (κ3) is 3.17. The minimum atomic E-state index is -0.662. The molecule has 0 saturated carbocycles. The first kappa shape index (κ1) is 11.9. The van der Waals surface area contributed by atoms with Gasteiger partial charge in [-0.2, -0.15) is 0 Å². The molecule has 1 rings (SSSR count). The van der Waals surface area contributed by atoms with E-state index in [0.717, 1.165) is 0 Å². The molecule has 3 N–H and O–H groups in total. The van der Waals surface area contributed by atoms with E-state index in [1.807, 2.05) is 0 Å². The van der Waals surface area contributed by atoms with Crippen molar-refractivity contribution in [2.45, 2.75) is 18.9 Å². The van der Waals surface area contributed by atoms with E-state index in [-0.39, 0.29) is 25.5 Å². The van der Waals surface area contributed by atoms with Crippen molar-refractivity contribution in [2.75, 3.05) is 26.4 Å². The Morgan fingerprint density at radius 2 is 2.27 bits per heavy atom. The molecule has 6 heteroatoms. The molecule has 0 spiro atoms. The van der Waals surface area contributed by atoms with Crippen LogP contribution in [0.3, 0.4) is 0 Å². The van der Waals surface area contributed by atoms with Crippen molar-refractivity contribution in [2.24, 2.45) is 5.73 Å². The standard InChI is InChI=1S/C9H16N2O4/c10-9(14)7-6-15-5-3-11(7)8(13)2-1-4-12/h7,12H,1-6H2,(H2,10,14). The highest BCUT2D eigenvalue weighted by Crippen LogP contribution is 2.09. The zero-order valence-corrected chi connectivity index (χ0v) is 8.52. The summed E-state index contributed by atoms with van der Waals surface area (Å²) in [5.74, 6) is -0.705. The Labute approximate surface area is 88.0 Å². The lowest BCUT2D eigenvalue weighted by atomic mass is 10.2. The summed E-state index contributed by atoms with van der Waals surface area (Å²) in [5, 5.41) is 8.60. The molecular weight excluding hydrogens is 200 g/mol. The summed E-state index contributed by atoms with van der Waals surface area (Å²) in [5.41, 5.74) is 5.16. The van der Waals surface area contributed by atoms with Gasteiger partial charge in [-0.25, -0.2) is 0 Å². The van der Waals surface area contributed by atoms with Gasteiger partial charge >= 0.3 is 0 Å². The van der Waals surface area contributed by atoms with Crippen molar-refractivity contribution in [1.29, 1.82) is 0 Å². The van der Waals surface area contributed by atoms with Crippen LogP contribution in [0.2, 0.25) is 0 Å². The van der Waals surface area contributed by atoms with Crippen molar-refractivity contribution in [1.82, 2.24) is 4.90 Å². The van der Waals surface area contributed by atoms with E-state index in [2.05, 4.69) is 0 Å². The fourth-order valence-electron chi connectivity index (χ4n) is 1.51. The minimum Gasteiger partial charge on any atom is -0.396 e. The van der Waals surface area contributed by atoms with E-state index >= 15 is 0 Å². The van der Waals surface area contributed by atoms with Gasteiger partial charge in [-0.15, -0.1) is 0 Å². The van der Waals surface area contributed by atoms with Crippen LogP contribution in [0.1, 0.15) is 12.8 Å². The van der Waals surface area contributed by atoms with Gasteiger partial charge in [-0.3, -0.25) is 9.59 Å². The molecule has 0 bridgehead atoms. The molecule has 1 fully saturated rings. The number of hydrogen-bond acceptors (Lipinski definition) is 4. The number of morpholine rings is 1. The van der Waals surface area contributed by atoms with Crippen molar-refractivity contribution in [3.8, 4) is 0 Å². The number of carbonyl (C=O) groups excluding carboxylic acids is 2. The molecule has 1 unspecified atom stereocenters. The van der Waals surface area contributed by atoms with Gasteiger partial charge in [-0.05, 0) is 6.42 Å². The quantitative estimate of drug-likeness (QED) is 0.596. The number of primary amides is 1. The largest absolute Gasteiger partial charge is 0.396 e. The van der Waals surface area contributed by atoms with Gasteiger partial charge in [0.2, 0.25) is 11.8 Å². The number of nitrogens with two attached hydrogens (primary N) is 1. The maximum absolute atomic E-state index is 11.6. The number of aliphatic hydroxyl groups excluding tert-OH is 1. The number of carbonyl (C=O) groups is 2. The molecule has 1 saturated heterocycles. The molecule has 1 aliphatic heterocycles.